The monoisotopic (exact) mass is 1060 g/mol. The highest BCUT2D eigenvalue weighted by Gasteiger charge is 2.37. The molecule has 75 heavy (non-hydrogen) atoms. The first-order valence-electron chi connectivity index (χ1n) is 26.2. The second-order valence-corrected chi connectivity index (χ2v) is 20.0. The lowest BCUT2D eigenvalue weighted by Gasteiger charge is -2.27. The van der Waals surface area contributed by atoms with Gasteiger partial charge >= 0.3 is 5.97 Å². The zero-order valence-electron chi connectivity index (χ0n) is 43.8. The van der Waals surface area contributed by atoms with E-state index in [1.165, 1.54) is 31.2 Å². The Balaban J connectivity index is 2.55. The normalized spacial score (nSPS) is 20.0. The molecular formula is C52H83N9O14. The maximum absolute atomic E-state index is 14.5. The number of unbranched alkanes of at least 4 members (excludes halogenated alkanes) is 2. The first-order chi connectivity index (χ1) is 35.5. The van der Waals surface area contributed by atoms with Gasteiger partial charge in [0.05, 0.1) is 48.0 Å². The van der Waals surface area contributed by atoms with E-state index in [-0.39, 0.29) is 76.2 Å². The lowest BCUT2D eigenvalue weighted by molar-refractivity contribution is -0.146. The molecule has 1 heterocycles. The van der Waals surface area contributed by atoms with Crippen molar-refractivity contribution >= 4 is 64.5 Å². The van der Waals surface area contributed by atoms with E-state index in [1.807, 2.05) is 0 Å². The summed E-state index contributed by atoms with van der Waals surface area (Å²) in [6.45, 7) is 5.24. The van der Waals surface area contributed by atoms with Crippen LogP contribution in [0.15, 0.2) is 24.3 Å². The Morgan fingerprint density at radius 2 is 1.36 bits per heavy atom. The largest absolute Gasteiger partial charge is 0.508 e. The standard InChI is InChI=1S/C52H83N9O14/c1-30(2)36(52(74)75)28-44(66)40-17-18-47(69)58-23-19-48(70)57-22-9-6-12-39(45(67)29-37(31(3)62)51(73)60-40)59-49(71)33(10-4-7-20-53)25-43(65)41(24-32-13-15-35(63)16-14-32)61-50(72)34(27-46(56)68)26-42(64)38(55)11-5-8-21-54/h13-16,30-31,33-34,36-41,62-63H,4-12,17-29,53-55H2,1-3H3,(H2,56,68)(H,57,70)(H,58,69)(H,59,71)(H,60,73)(H,61,72)(H,74,75)/t31?,33?,34?,36?,37?,38-,39-,40-,41-/m0/s1. The fraction of sp³-hybridized carbons (Fsp3) is 0.673. The van der Waals surface area contributed by atoms with Crippen LogP contribution in [0.4, 0.5) is 0 Å². The van der Waals surface area contributed by atoms with E-state index in [4.69, 9.17) is 22.9 Å². The van der Waals surface area contributed by atoms with Gasteiger partial charge in [0.15, 0.2) is 17.3 Å². The van der Waals surface area contributed by atoms with Crippen LogP contribution in [-0.4, -0.2) is 136 Å². The number of primary amides is 1. The smallest absolute Gasteiger partial charge is 0.307 e. The number of phenolic OH excluding ortho intramolecular Hbond substituents is 1. The van der Waals surface area contributed by atoms with Crippen LogP contribution in [0.3, 0.4) is 0 Å². The van der Waals surface area contributed by atoms with Crippen LogP contribution in [0.1, 0.15) is 135 Å². The number of hydrogen-bond donors (Lipinski definition) is 12. The SMILES string of the molecule is CC(C)C(CC(=O)[C@@H]1CCC(=O)NCCC(=O)NCCCC[C@H](NC(=O)C(CCCCN)CC(=O)[C@H](Cc2ccc(O)cc2)NC(=O)C(CC(N)=O)CC(=O)[C@@H](N)CCCCN)C(=O)CC(C(C)O)C(=O)N1)C(=O)O. The molecule has 0 aromatic heterocycles. The molecule has 1 aromatic rings. The van der Waals surface area contributed by atoms with Gasteiger partial charge in [-0.2, -0.15) is 0 Å². The summed E-state index contributed by atoms with van der Waals surface area (Å²) < 4.78 is 0. The van der Waals surface area contributed by atoms with Gasteiger partial charge in [0.1, 0.15) is 11.5 Å². The van der Waals surface area contributed by atoms with E-state index in [0.29, 0.717) is 50.6 Å². The third-order valence-corrected chi connectivity index (χ3v) is 13.4. The number of carbonyl (C=O) groups is 11. The van der Waals surface area contributed by atoms with E-state index in [0.717, 1.165) is 0 Å². The number of phenols is 1. The Bertz CT molecular complexity index is 2090. The molecule has 1 aliphatic heterocycles. The molecule has 9 atom stereocenters. The van der Waals surface area contributed by atoms with E-state index >= 15 is 0 Å². The van der Waals surface area contributed by atoms with Crippen molar-refractivity contribution in [1.29, 1.82) is 0 Å². The predicted molar refractivity (Wildman–Crippen MR) is 276 cm³/mol. The van der Waals surface area contributed by atoms with Gasteiger partial charge < -0.3 is 64.8 Å². The summed E-state index contributed by atoms with van der Waals surface area (Å²) >= 11 is 0. The molecule has 420 valence electrons. The molecule has 0 radical (unpaired) electrons. The fourth-order valence-electron chi connectivity index (χ4n) is 8.69. The van der Waals surface area contributed by atoms with E-state index < -0.39 is 151 Å². The number of hydrogen-bond acceptors (Lipinski definition) is 16. The van der Waals surface area contributed by atoms with Crippen molar-refractivity contribution in [3.63, 3.8) is 0 Å². The number of nitrogens with one attached hydrogen (secondary N) is 5. The summed E-state index contributed by atoms with van der Waals surface area (Å²) in [6.07, 6.45) is -1.99. The average molecular weight is 1060 g/mol. The van der Waals surface area contributed by atoms with E-state index in [1.54, 1.807) is 13.8 Å². The number of ketones is 4. The Kier molecular flexibility index (Phi) is 29.8. The van der Waals surface area contributed by atoms with Gasteiger partial charge in [-0.05, 0) is 101 Å². The van der Waals surface area contributed by atoms with Crippen molar-refractivity contribution in [2.24, 2.45) is 52.5 Å². The minimum absolute atomic E-state index is 0.0167. The van der Waals surface area contributed by atoms with Gasteiger partial charge in [-0.15, -0.1) is 0 Å². The molecule has 23 heteroatoms. The topological polar surface area (TPSA) is 413 Å². The van der Waals surface area contributed by atoms with Crippen molar-refractivity contribution in [3.05, 3.63) is 29.8 Å². The summed E-state index contributed by atoms with van der Waals surface area (Å²) in [5.41, 5.74) is 23.5. The summed E-state index contributed by atoms with van der Waals surface area (Å²) in [6, 6.07) is 0.795. The van der Waals surface area contributed by atoms with Gasteiger partial charge in [0.25, 0.3) is 0 Å². The Hall–Kier alpha value is -6.17. The number of rotatable bonds is 28. The molecular weight excluding hydrogens is 975 g/mol. The molecule has 2 rings (SSSR count). The van der Waals surface area contributed by atoms with E-state index in [9.17, 15) is 68.1 Å². The number of aliphatic carboxylic acids is 1. The van der Waals surface area contributed by atoms with Crippen LogP contribution in [0.5, 0.6) is 5.75 Å². The Morgan fingerprint density at radius 1 is 0.747 bits per heavy atom. The summed E-state index contributed by atoms with van der Waals surface area (Å²) in [5, 5.41) is 44.0. The van der Waals surface area contributed by atoms with Crippen molar-refractivity contribution in [1.82, 2.24) is 26.6 Å². The first kappa shape index (κ1) is 64.9. The molecule has 16 N–H and O–H groups in total. The van der Waals surface area contributed by atoms with Crippen LogP contribution in [0, 0.1) is 29.6 Å². The molecule has 1 fully saturated rings. The third kappa shape index (κ3) is 24.8. The highest BCUT2D eigenvalue weighted by Crippen LogP contribution is 2.23. The number of aliphatic hydroxyl groups excluding tert-OH is 1. The van der Waals surface area contributed by atoms with Gasteiger partial charge in [-0.3, -0.25) is 52.7 Å². The average Bonchev–Trinajstić information content (AvgIpc) is 3.34. The lowest BCUT2D eigenvalue weighted by Crippen LogP contribution is -2.50. The zero-order chi connectivity index (χ0) is 56.2. The summed E-state index contributed by atoms with van der Waals surface area (Å²) in [7, 11) is 0. The first-order valence-corrected chi connectivity index (χ1v) is 26.2. The number of benzene rings is 1. The quantitative estimate of drug-likeness (QED) is 0.0486. The summed E-state index contributed by atoms with van der Waals surface area (Å²) in [4.78, 5) is 148. The number of nitrogens with two attached hydrogens (primary N) is 4. The zero-order valence-corrected chi connectivity index (χ0v) is 43.8. The molecule has 6 amide bonds. The van der Waals surface area contributed by atoms with Gasteiger partial charge in [0, 0.05) is 64.0 Å². The van der Waals surface area contributed by atoms with Crippen molar-refractivity contribution in [2.75, 3.05) is 26.2 Å². The molecule has 0 spiro atoms. The molecule has 0 bridgehead atoms. The number of carboxylic acid groups (broad SMARTS) is 1. The number of carbonyl (C=O) groups excluding carboxylic acids is 10. The maximum atomic E-state index is 14.5. The van der Waals surface area contributed by atoms with Gasteiger partial charge in [0.2, 0.25) is 35.4 Å². The minimum Gasteiger partial charge on any atom is -0.508 e. The number of aliphatic hydroxyl groups is 1. The molecule has 5 unspecified atom stereocenters. The third-order valence-electron chi connectivity index (χ3n) is 13.4. The lowest BCUT2D eigenvalue weighted by atomic mass is 9.87. The van der Waals surface area contributed by atoms with Crippen molar-refractivity contribution in [2.45, 2.75) is 167 Å². The van der Waals surface area contributed by atoms with Crippen molar-refractivity contribution in [3.8, 4) is 5.75 Å². The minimum atomic E-state index is -1.49. The molecule has 1 aromatic carbocycles. The van der Waals surface area contributed by atoms with Crippen LogP contribution in [0.2, 0.25) is 0 Å². The van der Waals surface area contributed by atoms with Gasteiger partial charge in [-0.25, -0.2) is 0 Å². The van der Waals surface area contributed by atoms with Gasteiger partial charge in [-0.1, -0.05) is 38.8 Å². The Morgan fingerprint density at radius 3 is 1.96 bits per heavy atom. The molecule has 0 saturated carbocycles. The number of amides is 6. The summed E-state index contributed by atoms with van der Waals surface area (Å²) in [5.74, 6) is -13.7. The van der Waals surface area contributed by atoms with Crippen LogP contribution < -0.4 is 49.5 Å². The fourth-order valence-corrected chi connectivity index (χ4v) is 8.69. The van der Waals surface area contributed by atoms with E-state index in [2.05, 4.69) is 26.6 Å². The highest BCUT2D eigenvalue weighted by molar-refractivity contribution is 5.98. The van der Waals surface area contributed by atoms with Crippen molar-refractivity contribution < 1.29 is 68.1 Å². The van der Waals surface area contributed by atoms with Crippen LogP contribution in [0.25, 0.3) is 0 Å². The molecule has 0 aliphatic carbocycles. The molecule has 1 saturated heterocycles. The number of Topliss-reactive ketones (excluding diaryl/α,β-unsaturated/α-hetero) is 4. The second kappa shape index (κ2) is 34.4. The Labute approximate surface area is 438 Å². The molecule has 1 aliphatic rings. The maximum Gasteiger partial charge on any atom is 0.307 e. The second-order valence-electron chi connectivity index (χ2n) is 20.0. The molecule has 23 nitrogen and oxygen atoms in total. The number of aromatic hydroxyl groups is 1. The highest BCUT2D eigenvalue weighted by atomic mass is 16.4. The van der Waals surface area contributed by atoms with Crippen LogP contribution >= 0.6 is 0 Å². The van der Waals surface area contributed by atoms with Crippen LogP contribution in [-0.2, 0) is 59.2 Å². The predicted octanol–water partition coefficient (Wildman–Crippen LogP) is -0.141. The number of carboxylic acids is 1.